The van der Waals surface area contributed by atoms with Crippen LogP contribution in [0.1, 0.15) is 34.3 Å². The van der Waals surface area contributed by atoms with Crippen molar-refractivity contribution in [3.63, 3.8) is 0 Å². The molecule has 3 amide bonds. The number of imide groups is 1. The zero-order valence-electron chi connectivity index (χ0n) is 15.6. The van der Waals surface area contributed by atoms with Crippen molar-refractivity contribution in [1.82, 2.24) is 20.4 Å². The van der Waals surface area contributed by atoms with Crippen LogP contribution >= 0.6 is 0 Å². The number of ether oxygens (including phenoxy) is 1. The number of amides is 3. The van der Waals surface area contributed by atoms with Gasteiger partial charge in [-0.1, -0.05) is 12.1 Å². The lowest BCUT2D eigenvalue weighted by molar-refractivity contribution is -0.136. The van der Waals surface area contributed by atoms with Crippen LogP contribution in [0.3, 0.4) is 0 Å². The number of hydrogen-bond acceptors (Lipinski definition) is 6. The maximum absolute atomic E-state index is 12.8. The first kappa shape index (κ1) is 17.8. The number of carbonyl (C=O) groups is 3. The Morgan fingerprint density at radius 1 is 1.18 bits per heavy atom. The average molecular weight is 384 g/mol. The maximum atomic E-state index is 12.8. The molecule has 3 saturated heterocycles. The van der Waals surface area contributed by atoms with Crippen molar-refractivity contribution >= 4 is 17.7 Å². The van der Waals surface area contributed by atoms with E-state index in [2.05, 4.69) is 21.6 Å². The van der Waals surface area contributed by atoms with Gasteiger partial charge in [0.2, 0.25) is 11.8 Å². The molecule has 4 aliphatic rings. The second-order valence-corrected chi connectivity index (χ2v) is 8.00. The molecular formula is C20H24N4O4. The Morgan fingerprint density at radius 2 is 2.07 bits per heavy atom. The predicted molar refractivity (Wildman–Crippen MR) is 99.3 cm³/mol. The second kappa shape index (κ2) is 6.95. The van der Waals surface area contributed by atoms with Crippen molar-refractivity contribution in [1.29, 1.82) is 0 Å². The van der Waals surface area contributed by atoms with Gasteiger partial charge in [-0.3, -0.25) is 24.6 Å². The van der Waals surface area contributed by atoms with E-state index in [1.165, 1.54) is 5.56 Å². The van der Waals surface area contributed by atoms with Gasteiger partial charge in [-0.2, -0.15) is 0 Å². The Morgan fingerprint density at radius 3 is 2.93 bits per heavy atom. The van der Waals surface area contributed by atoms with Gasteiger partial charge in [0, 0.05) is 50.7 Å². The summed E-state index contributed by atoms with van der Waals surface area (Å²) in [5, 5.41) is 5.74. The summed E-state index contributed by atoms with van der Waals surface area (Å²) in [7, 11) is 0. The molecule has 3 atom stereocenters. The van der Waals surface area contributed by atoms with Gasteiger partial charge in [0.15, 0.2) is 0 Å². The molecule has 28 heavy (non-hydrogen) atoms. The normalized spacial score (nSPS) is 30.4. The molecule has 2 N–H and O–H groups in total. The molecule has 3 fully saturated rings. The maximum Gasteiger partial charge on any atom is 0.255 e. The van der Waals surface area contributed by atoms with Crippen LogP contribution in [0.2, 0.25) is 0 Å². The van der Waals surface area contributed by atoms with E-state index in [1.54, 1.807) is 4.90 Å². The molecule has 1 aromatic carbocycles. The molecule has 8 heteroatoms. The molecule has 0 radical (unpaired) electrons. The highest BCUT2D eigenvalue weighted by atomic mass is 16.5. The first-order valence-corrected chi connectivity index (χ1v) is 9.93. The summed E-state index contributed by atoms with van der Waals surface area (Å²) in [6.45, 7) is 4.74. The van der Waals surface area contributed by atoms with Crippen molar-refractivity contribution in [3.8, 4) is 0 Å². The number of morpholine rings is 1. The van der Waals surface area contributed by atoms with Gasteiger partial charge in [0.25, 0.3) is 5.91 Å². The smallest absolute Gasteiger partial charge is 0.255 e. The highest BCUT2D eigenvalue weighted by molar-refractivity contribution is 6.05. The lowest BCUT2D eigenvalue weighted by Gasteiger charge is -2.37. The van der Waals surface area contributed by atoms with Gasteiger partial charge in [0.05, 0.1) is 12.7 Å². The third-order valence-corrected chi connectivity index (χ3v) is 6.28. The largest absolute Gasteiger partial charge is 0.374 e. The summed E-state index contributed by atoms with van der Waals surface area (Å²) in [4.78, 5) is 40.4. The molecule has 1 aromatic rings. The summed E-state index contributed by atoms with van der Waals surface area (Å²) in [5.74, 6) is -0.758. The Balaban J connectivity index is 1.32. The van der Waals surface area contributed by atoms with Crippen molar-refractivity contribution in [2.45, 2.75) is 44.1 Å². The molecule has 1 unspecified atom stereocenters. The molecule has 148 valence electrons. The molecule has 0 spiro atoms. The van der Waals surface area contributed by atoms with E-state index in [-0.39, 0.29) is 30.2 Å². The Hall–Kier alpha value is -2.29. The summed E-state index contributed by atoms with van der Waals surface area (Å²) in [6.07, 6.45) is 0.920. The Labute approximate surface area is 163 Å². The van der Waals surface area contributed by atoms with Crippen LogP contribution in [-0.4, -0.2) is 72.0 Å². The molecule has 0 aliphatic carbocycles. The number of fused-ring (bicyclic) bond motifs is 2. The highest BCUT2D eigenvalue weighted by Gasteiger charge is 2.39. The molecule has 8 nitrogen and oxygen atoms in total. The van der Waals surface area contributed by atoms with Crippen molar-refractivity contribution < 1.29 is 19.1 Å². The fourth-order valence-corrected chi connectivity index (χ4v) is 4.82. The van der Waals surface area contributed by atoms with Crippen molar-refractivity contribution in [2.24, 2.45) is 0 Å². The summed E-state index contributed by atoms with van der Waals surface area (Å²) in [5.41, 5.74) is 2.79. The summed E-state index contributed by atoms with van der Waals surface area (Å²) in [6, 6.07) is 5.81. The zero-order chi connectivity index (χ0) is 19.3. The Kier molecular flexibility index (Phi) is 4.41. The predicted octanol–water partition coefficient (Wildman–Crippen LogP) is -0.380. The first-order chi connectivity index (χ1) is 13.6. The van der Waals surface area contributed by atoms with Crippen LogP contribution in [0, 0.1) is 0 Å². The van der Waals surface area contributed by atoms with Gasteiger partial charge in [-0.05, 0) is 23.6 Å². The lowest BCUT2D eigenvalue weighted by atomic mass is 10.0. The standard InChI is InChI=1S/C20H24N4O4/c25-18-4-3-15(19(26)22-18)24-11-13-7-12(1-2-14(13)20(24)27)10-23-5-6-28-17-9-21-8-16(17)23/h1-2,7,15-17,21H,3-6,8-11H2,(H,22,25,26)/t15?,16-,17+/m0/s1. The Bertz CT molecular complexity index is 841. The fraction of sp³-hybridized carbons (Fsp3) is 0.550. The van der Waals surface area contributed by atoms with E-state index < -0.39 is 6.04 Å². The molecule has 0 saturated carbocycles. The number of piperidine rings is 1. The number of carbonyl (C=O) groups excluding carboxylic acids is 3. The summed E-state index contributed by atoms with van der Waals surface area (Å²) >= 11 is 0. The van der Waals surface area contributed by atoms with Crippen LogP contribution in [0.25, 0.3) is 0 Å². The number of rotatable bonds is 3. The van der Waals surface area contributed by atoms with Gasteiger partial charge < -0.3 is 15.0 Å². The van der Waals surface area contributed by atoms with Crippen LogP contribution in [-0.2, 0) is 27.4 Å². The third kappa shape index (κ3) is 3.01. The third-order valence-electron chi connectivity index (χ3n) is 6.28. The van der Waals surface area contributed by atoms with E-state index in [0.29, 0.717) is 24.6 Å². The number of nitrogens with zero attached hydrogens (tertiary/aromatic N) is 2. The van der Waals surface area contributed by atoms with Crippen LogP contribution in [0.4, 0.5) is 0 Å². The van der Waals surface area contributed by atoms with Gasteiger partial charge in [-0.25, -0.2) is 0 Å². The topological polar surface area (TPSA) is 91.0 Å². The molecule has 5 rings (SSSR count). The van der Waals surface area contributed by atoms with Crippen LogP contribution in [0.5, 0.6) is 0 Å². The van der Waals surface area contributed by atoms with E-state index >= 15 is 0 Å². The molecular weight excluding hydrogens is 360 g/mol. The minimum Gasteiger partial charge on any atom is -0.374 e. The molecule has 4 aliphatic heterocycles. The number of nitrogens with one attached hydrogen (secondary N) is 2. The zero-order valence-corrected chi connectivity index (χ0v) is 15.6. The van der Waals surface area contributed by atoms with Gasteiger partial charge in [-0.15, -0.1) is 0 Å². The number of benzene rings is 1. The molecule has 0 bridgehead atoms. The number of hydrogen-bond donors (Lipinski definition) is 2. The monoisotopic (exact) mass is 384 g/mol. The lowest BCUT2D eigenvalue weighted by Crippen LogP contribution is -2.52. The minimum atomic E-state index is -0.564. The van der Waals surface area contributed by atoms with E-state index in [0.717, 1.165) is 38.3 Å². The van der Waals surface area contributed by atoms with Gasteiger partial charge in [0.1, 0.15) is 6.04 Å². The van der Waals surface area contributed by atoms with Gasteiger partial charge >= 0.3 is 0 Å². The van der Waals surface area contributed by atoms with E-state index in [4.69, 9.17) is 4.74 Å². The van der Waals surface area contributed by atoms with Crippen molar-refractivity contribution in [2.75, 3.05) is 26.2 Å². The van der Waals surface area contributed by atoms with Crippen molar-refractivity contribution in [3.05, 3.63) is 34.9 Å². The quantitative estimate of drug-likeness (QED) is 0.691. The average Bonchev–Trinajstić information content (AvgIpc) is 3.27. The first-order valence-electron chi connectivity index (χ1n) is 9.93. The van der Waals surface area contributed by atoms with E-state index in [9.17, 15) is 14.4 Å². The molecule has 0 aromatic heterocycles. The SMILES string of the molecule is O=C1CCC(N2Cc3cc(CN4CCO[C@@H]5CNC[C@@H]54)ccc3C2=O)C(=O)N1. The molecule has 4 heterocycles. The summed E-state index contributed by atoms with van der Waals surface area (Å²) < 4.78 is 5.84. The highest BCUT2D eigenvalue weighted by Crippen LogP contribution is 2.29. The second-order valence-electron chi connectivity index (χ2n) is 8.00. The van der Waals surface area contributed by atoms with Crippen LogP contribution < -0.4 is 10.6 Å². The fourth-order valence-electron chi connectivity index (χ4n) is 4.82. The van der Waals surface area contributed by atoms with E-state index in [1.807, 2.05) is 12.1 Å². The van der Waals surface area contributed by atoms with Crippen LogP contribution in [0.15, 0.2) is 18.2 Å². The minimum absolute atomic E-state index is 0.123.